The Kier molecular flexibility index (Phi) is 3.38. The second kappa shape index (κ2) is 5.13. The summed E-state index contributed by atoms with van der Waals surface area (Å²) < 4.78 is 0. The van der Waals surface area contributed by atoms with Gasteiger partial charge in [-0.1, -0.05) is 6.07 Å². The number of nitrogen functional groups attached to an aromatic ring is 1. The third-order valence-electron chi connectivity index (χ3n) is 2.29. The number of nitrogens with one attached hydrogen (secondary N) is 2. The van der Waals surface area contributed by atoms with E-state index in [1.807, 2.05) is 6.07 Å². The van der Waals surface area contributed by atoms with Crippen molar-refractivity contribution >= 4 is 23.4 Å². The molecule has 0 aliphatic heterocycles. The van der Waals surface area contributed by atoms with E-state index in [0.717, 1.165) is 5.69 Å². The fraction of sp³-hybridized carbons (Fsp3) is 0.0833. The molecular weight excluding hydrogens is 230 g/mol. The summed E-state index contributed by atoms with van der Waals surface area (Å²) in [5, 5.41) is 5.55. The Bertz CT molecular complexity index is 570. The largest absolute Gasteiger partial charge is 0.384 e. The van der Waals surface area contributed by atoms with Crippen LogP contribution in [0.5, 0.6) is 0 Å². The molecule has 0 fully saturated rings. The van der Waals surface area contributed by atoms with E-state index < -0.39 is 0 Å². The van der Waals surface area contributed by atoms with Gasteiger partial charge >= 0.3 is 0 Å². The van der Waals surface area contributed by atoms with E-state index in [1.54, 1.807) is 37.5 Å². The molecule has 6 heteroatoms. The van der Waals surface area contributed by atoms with Gasteiger partial charge in [-0.15, -0.1) is 0 Å². The highest BCUT2D eigenvalue weighted by Gasteiger charge is 2.04. The first-order chi connectivity index (χ1) is 8.69. The van der Waals surface area contributed by atoms with Crippen LogP contribution in [0.1, 0.15) is 10.4 Å². The summed E-state index contributed by atoms with van der Waals surface area (Å²) >= 11 is 0. The Morgan fingerprint density at radius 1 is 1.33 bits per heavy atom. The van der Waals surface area contributed by atoms with Crippen LogP contribution in [0.2, 0.25) is 0 Å². The molecule has 1 aromatic heterocycles. The van der Waals surface area contributed by atoms with Crippen LogP contribution in [0.15, 0.2) is 36.5 Å². The monoisotopic (exact) mass is 243 g/mol. The summed E-state index contributed by atoms with van der Waals surface area (Å²) in [5.41, 5.74) is 6.84. The molecule has 2 rings (SSSR count). The minimum absolute atomic E-state index is 0.146. The highest BCUT2D eigenvalue weighted by molar-refractivity contribution is 5.95. The molecule has 1 heterocycles. The summed E-state index contributed by atoms with van der Waals surface area (Å²) in [5.74, 6) is 0.631. The van der Waals surface area contributed by atoms with E-state index in [-0.39, 0.29) is 5.91 Å². The Hall–Kier alpha value is -2.63. The molecule has 0 aliphatic carbocycles. The number of hydrogen-bond donors (Lipinski definition) is 3. The summed E-state index contributed by atoms with van der Waals surface area (Å²) in [7, 11) is 1.59. The molecule has 92 valence electrons. The van der Waals surface area contributed by atoms with Crippen molar-refractivity contribution in [3.05, 3.63) is 42.1 Å². The average molecular weight is 243 g/mol. The van der Waals surface area contributed by atoms with Gasteiger partial charge in [-0.25, -0.2) is 4.98 Å². The molecule has 0 bridgehead atoms. The number of rotatable bonds is 3. The first-order valence-electron chi connectivity index (χ1n) is 5.37. The molecule has 1 amide bonds. The Morgan fingerprint density at radius 2 is 2.17 bits per heavy atom. The zero-order valence-corrected chi connectivity index (χ0v) is 9.84. The fourth-order valence-electron chi connectivity index (χ4n) is 1.44. The van der Waals surface area contributed by atoms with Gasteiger partial charge in [-0.3, -0.25) is 4.79 Å². The molecular formula is C12H13N5O. The molecule has 0 saturated heterocycles. The average Bonchev–Trinajstić information content (AvgIpc) is 2.38. The van der Waals surface area contributed by atoms with E-state index >= 15 is 0 Å². The van der Waals surface area contributed by atoms with Gasteiger partial charge in [0.05, 0.1) is 0 Å². The van der Waals surface area contributed by atoms with Crippen LogP contribution in [0.3, 0.4) is 0 Å². The van der Waals surface area contributed by atoms with Crippen molar-refractivity contribution in [2.75, 3.05) is 18.1 Å². The van der Waals surface area contributed by atoms with Gasteiger partial charge in [0.25, 0.3) is 5.91 Å². The van der Waals surface area contributed by atoms with Crippen LogP contribution in [0.4, 0.5) is 17.5 Å². The van der Waals surface area contributed by atoms with Crippen LogP contribution < -0.4 is 16.4 Å². The van der Waals surface area contributed by atoms with E-state index in [1.165, 1.54) is 0 Å². The number of amides is 1. The lowest BCUT2D eigenvalue weighted by molar-refractivity contribution is 0.0963. The maximum atomic E-state index is 11.5. The van der Waals surface area contributed by atoms with Crippen LogP contribution in [0, 0.1) is 0 Å². The van der Waals surface area contributed by atoms with Crippen molar-refractivity contribution in [3.63, 3.8) is 0 Å². The minimum atomic E-state index is -0.146. The fourth-order valence-corrected chi connectivity index (χ4v) is 1.44. The van der Waals surface area contributed by atoms with E-state index in [9.17, 15) is 4.79 Å². The van der Waals surface area contributed by atoms with Crippen molar-refractivity contribution in [3.8, 4) is 0 Å². The molecule has 18 heavy (non-hydrogen) atoms. The lowest BCUT2D eigenvalue weighted by Gasteiger charge is -2.06. The van der Waals surface area contributed by atoms with Crippen molar-refractivity contribution in [2.24, 2.45) is 0 Å². The Morgan fingerprint density at radius 3 is 2.89 bits per heavy atom. The maximum Gasteiger partial charge on any atom is 0.251 e. The minimum Gasteiger partial charge on any atom is -0.384 e. The number of anilines is 3. The van der Waals surface area contributed by atoms with Gasteiger partial charge in [0.15, 0.2) is 0 Å². The molecule has 1 aromatic carbocycles. The van der Waals surface area contributed by atoms with Gasteiger partial charge in [0, 0.05) is 24.5 Å². The van der Waals surface area contributed by atoms with Gasteiger partial charge < -0.3 is 16.4 Å². The summed E-state index contributed by atoms with van der Waals surface area (Å²) in [6.45, 7) is 0. The van der Waals surface area contributed by atoms with E-state index in [0.29, 0.717) is 17.3 Å². The molecule has 0 saturated carbocycles. The predicted octanol–water partition coefficient (Wildman–Crippen LogP) is 1.16. The molecule has 4 N–H and O–H groups in total. The van der Waals surface area contributed by atoms with Crippen LogP contribution >= 0.6 is 0 Å². The number of nitrogens with two attached hydrogens (primary N) is 1. The summed E-state index contributed by atoms with van der Waals surface area (Å²) in [6, 6.07) is 8.64. The second-order valence-corrected chi connectivity index (χ2v) is 3.59. The molecule has 6 nitrogen and oxygen atoms in total. The number of carbonyl (C=O) groups is 1. The number of benzene rings is 1. The van der Waals surface area contributed by atoms with E-state index in [4.69, 9.17) is 5.73 Å². The Balaban J connectivity index is 2.22. The zero-order chi connectivity index (χ0) is 13.0. The van der Waals surface area contributed by atoms with Gasteiger partial charge in [-0.2, -0.15) is 4.98 Å². The van der Waals surface area contributed by atoms with E-state index in [2.05, 4.69) is 20.6 Å². The molecule has 0 unspecified atom stereocenters. The summed E-state index contributed by atoms with van der Waals surface area (Å²) in [6.07, 6.45) is 1.56. The lowest BCUT2D eigenvalue weighted by atomic mass is 10.2. The standard InChI is InChI=1S/C12H13N5O/c1-14-11(18)8-3-2-4-9(7-8)16-12-15-6-5-10(13)17-12/h2-7H,1H3,(H,14,18)(H3,13,15,16,17). The molecule has 0 radical (unpaired) electrons. The SMILES string of the molecule is CNC(=O)c1cccc(Nc2nccc(N)n2)c1. The molecule has 0 spiro atoms. The van der Waals surface area contributed by atoms with Crippen LogP contribution in [0.25, 0.3) is 0 Å². The predicted molar refractivity (Wildman–Crippen MR) is 69.6 cm³/mol. The number of aromatic nitrogens is 2. The van der Waals surface area contributed by atoms with Gasteiger partial charge in [-0.05, 0) is 24.3 Å². The molecule has 0 aliphatic rings. The third kappa shape index (κ3) is 2.73. The number of hydrogen-bond acceptors (Lipinski definition) is 5. The third-order valence-corrected chi connectivity index (χ3v) is 2.29. The van der Waals surface area contributed by atoms with Crippen molar-refractivity contribution in [1.82, 2.24) is 15.3 Å². The normalized spacial score (nSPS) is 9.83. The highest BCUT2D eigenvalue weighted by Crippen LogP contribution is 2.15. The number of nitrogens with zero attached hydrogens (tertiary/aromatic N) is 2. The van der Waals surface area contributed by atoms with Gasteiger partial charge in [0.2, 0.25) is 5.95 Å². The maximum absolute atomic E-state index is 11.5. The second-order valence-electron chi connectivity index (χ2n) is 3.59. The summed E-state index contributed by atoms with van der Waals surface area (Å²) in [4.78, 5) is 19.5. The first-order valence-corrected chi connectivity index (χ1v) is 5.37. The quantitative estimate of drug-likeness (QED) is 0.752. The van der Waals surface area contributed by atoms with Crippen molar-refractivity contribution in [2.45, 2.75) is 0 Å². The zero-order valence-electron chi connectivity index (χ0n) is 9.84. The first kappa shape index (κ1) is 11.8. The van der Waals surface area contributed by atoms with Crippen molar-refractivity contribution < 1.29 is 4.79 Å². The number of carbonyl (C=O) groups excluding carboxylic acids is 1. The molecule has 2 aromatic rings. The Labute approximate surface area is 104 Å². The van der Waals surface area contributed by atoms with Crippen molar-refractivity contribution in [1.29, 1.82) is 0 Å². The van der Waals surface area contributed by atoms with Gasteiger partial charge in [0.1, 0.15) is 5.82 Å². The molecule has 0 atom stereocenters. The smallest absolute Gasteiger partial charge is 0.251 e. The van der Waals surface area contributed by atoms with Crippen LogP contribution in [-0.4, -0.2) is 22.9 Å². The highest BCUT2D eigenvalue weighted by atomic mass is 16.1. The topological polar surface area (TPSA) is 92.9 Å². The van der Waals surface area contributed by atoms with Crippen LogP contribution in [-0.2, 0) is 0 Å². The lowest BCUT2D eigenvalue weighted by Crippen LogP contribution is -2.17.